The van der Waals surface area contributed by atoms with Crippen LogP contribution in [0.25, 0.3) is 0 Å². The number of carbonyl (C=O) groups is 2. The number of amides is 2. The van der Waals surface area contributed by atoms with Crippen molar-refractivity contribution in [2.24, 2.45) is 5.92 Å². The third-order valence-electron chi connectivity index (χ3n) is 2.98. The minimum atomic E-state index is -3.15. The predicted molar refractivity (Wildman–Crippen MR) is 69.6 cm³/mol. The van der Waals surface area contributed by atoms with E-state index in [4.69, 9.17) is 5.11 Å². The third kappa shape index (κ3) is 5.46. The standard InChI is InChI=1S/C11H20N2O5S/c1-8(7-19(2,17)18)12-11(16)13-5-3-4-9(6-13)10(14)15/h8-9H,3-7H2,1-2H3,(H,12,16)(H,14,15)/t8?,9-/m0/s1. The van der Waals surface area contributed by atoms with Crippen molar-refractivity contribution in [2.45, 2.75) is 25.8 Å². The van der Waals surface area contributed by atoms with Crippen molar-refractivity contribution in [3.8, 4) is 0 Å². The van der Waals surface area contributed by atoms with Crippen molar-refractivity contribution in [1.82, 2.24) is 10.2 Å². The van der Waals surface area contributed by atoms with Gasteiger partial charge < -0.3 is 15.3 Å². The van der Waals surface area contributed by atoms with Crippen LogP contribution < -0.4 is 5.32 Å². The van der Waals surface area contributed by atoms with E-state index >= 15 is 0 Å². The fraction of sp³-hybridized carbons (Fsp3) is 0.818. The van der Waals surface area contributed by atoms with Gasteiger partial charge in [0.1, 0.15) is 9.84 Å². The quantitative estimate of drug-likeness (QED) is 0.754. The van der Waals surface area contributed by atoms with Crippen molar-refractivity contribution in [2.75, 3.05) is 25.1 Å². The number of carbonyl (C=O) groups excluding carboxylic acids is 1. The van der Waals surface area contributed by atoms with Gasteiger partial charge in [0.05, 0.1) is 11.7 Å². The number of aliphatic carboxylic acids is 1. The Morgan fingerprint density at radius 2 is 2.11 bits per heavy atom. The molecule has 1 aliphatic heterocycles. The summed E-state index contributed by atoms with van der Waals surface area (Å²) in [6.45, 7) is 2.28. The Kier molecular flexibility index (Phi) is 5.16. The molecule has 1 aliphatic rings. The number of hydrogen-bond acceptors (Lipinski definition) is 4. The average molecular weight is 292 g/mol. The first kappa shape index (κ1) is 15.7. The lowest BCUT2D eigenvalue weighted by molar-refractivity contribution is -0.143. The molecular weight excluding hydrogens is 272 g/mol. The van der Waals surface area contributed by atoms with Crippen molar-refractivity contribution in [3.05, 3.63) is 0 Å². The summed E-state index contributed by atoms with van der Waals surface area (Å²) in [5.74, 6) is -1.57. The number of urea groups is 1. The highest BCUT2D eigenvalue weighted by Gasteiger charge is 2.28. The first-order valence-corrected chi connectivity index (χ1v) is 8.21. The zero-order chi connectivity index (χ0) is 14.6. The van der Waals surface area contributed by atoms with Crippen LogP contribution in [0.3, 0.4) is 0 Å². The molecular formula is C11H20N2O5S. The summed E-state index contributed by atoms with van der Waals surface area (Å²) in [4.78, 5) is 24.2. The van der Waals surface area contributed by atoms with Gasteiger partial charge in [0.25, 0.3) is 0 Å². The molecule has 7 nitrogen and oxygen atoms in total. The van der Waals surface area contributed by atoms with E-state index in [1.807, 2.05) is 0 Å². The van der Waals surface area contributed by atoms with Crippen LogP contribution in [0.1, 0.15) is 19.8 Å². The molecule has 19 heavy (non-hydrogen) atoms. The third-order valence-corrected chi connectivity index (χ3v) is 4.09. The van der Waals surface area contributed by atoms with Gasteiger partial charge in [0.2, 0.25) is 0 Å². The Morgan fingerprint density at radius 1 is 1.47 bits per heavy atom. The van der Waals surface area contributed by atoms with Crippen LogP contribution in [0, 0.1) is 5.92 Å². The van der Waals surface area contributed by atoms with E-state index in [-0.39, 0.29) is 12.3 Å². The summed E-state index contributed by atoms with van der Waals surface area (Å²) in [5.41, 5.74) is 0. The molecule has 0 saturated carbocycles. The van der Waals surface area contributed by atoms with Gasteiger partial charge in [-0.2, -0.15) is 0 Å². The zero-order valence-electron chi connectivity index (χ0n) is 11.1. The van der Waals surface area contributed by atoms with E-state index in [1.165, 1.54) is 4.90 Å². The summed E-state index contributed by atoms with van der Waals surface area (Å²) in [7, 11) is -3.15. The number of nitrogens with one attached hydrogen (secondary N) is 1. The van der Waals surface area contributed by atoms with E-state index in [1.54, 1.807) is 6.92 Å². The van der Waals surface area contributed by atoms with Gasteiger partial charge in [0.15, 0.2) is 0 Å². The summed E-state index contributed by atoms with van der Waals surface area (Å²) in [5, 5.41) is 11.5. The second-order valence-corrected chi connectivity index (χ2v) is 7.25. The van der Waals surface area contributed by atoms with Crippen LogP contribution in [-0.4, -0.2) is 61.6 Å². The van der Waals surface area contributed by atoms with E-state index in [9.17, 15) is 18.0 Å². The molecule has 1 saturated heterocycles. The van der Waals surface area contributed by atoms with E-state index in [2.05, 4.69) is 5.32 Å². The molecule has 0 aliphatic carbocycles. The molecule has 0 aromatic rings. The van der Waals surface area contributed by atoms with E-state index in [0.29, 0.717) is 19.4 Å². The monoisotopic (exact) mass is 292 g/mol. The lowest BCUT2D eigenvalue weighted by atomic mass is 9.99. The number of hydrogen-bond donors (Lipinski definition) is 2. The molecule has 1 heterocycles. The first-order valence-electron chi connectivity index (χ1n) is 6.15. The SMILES string of the molecule is CC(CS(C)(=O)=O)NC(=O)N1CCC[C@H](C(=O)O)C1. The van der Waals surface area contributed by atoms with Crippen molar-refractivity contribution in [1.29, 1.82) is 0 Å². The first-order chi connectivity index (χ1) is 8.69. The number of sulfone groups is 1. The number of carboxylic acid groups (broad SMARTS) is 1. The Labute approximate surface area is 112 Å². The summed E-state index contributed by atoms with van der Waals surface area (Å²) in [6.07, 6.45) is 2.32. The van der Waals surface area contributed by atoms with Gasteiger partial charge in [-0.15, -0.1) is 0 Å². The lowest BCUT2D eigenvalue weighted by Gasteiger charge is -2.31. The maximum absolute atomic E-state index is 11.9. The highest BCUT2D eigenvalue weighted by molar-refractivity contribution is 7.90. The molecule has 0 bridgehead atoms. The fourth-order valence-corrected chi connectivity index (χ4v) is 3.15. The highest BCUT2D eigenvalue weighted by Crippen LogP contribution is 2.16. The van der Waals surface area contributed by atoms with Crippen LogP contribution in [0.15, 0.2) is 0 Å². The maximum atomic E-state index is 11.9. The number of likely N-dealkylation sites (tertiary alicyclic amines) is 1. The molecule has 0 aromatic heterocycles. The number of rotatable bonds is 4. The molecule has 0 radical (unpaired) electrons. The number of carboxylic acids is 1. The van der Waals surface area contributed by atoms with Crippen molar-refractivity contribution >= 4 is 21.8 Å². The molecule has 110 valence electrons. The predicted octanol–water partition coefficient (Wildman–Crippen LogP) is -0.0743. The normalized spacial score (nSPS) is 21.8. The molecule has 2 amide bonds. The lowest BCUT2D eigenvalue weighted by Crippen LogP contribution is -2.50. The molecule has 1 rings (SSSR count). The zero-order valence-corrected chi connectivity index (χ0v) is 11.9. The van der Waals surface area contributed by atoms with Crippen LogP contribution in [0.4, 0.5) is 4.79 Å². The molecule has 2 N–H and O–H groups in total. The molecule has 1 fully saturated rings. The van der Waals surface area contributed by atoms with E-state index in [0.717, 1.165) is 6.26 Å². The fourth-order valence-electron chi connectivity index (χ4n) is 2.16. The second-order valence-electron chi connectivity index (χ2n) is 5.07. The van der Waals surface area contributed by atoms with Crippen molar-refractivity contribution in [3.63, 3.8) is 0 Å². The smallest absolute Gasteiger partial charge is 0.317 e. The molecule has 0 spiro atoms. The summed E-state index contributed by atoms with van der Waals surface area (Å²) in [6, 6.07) is -0.894. The van der Waals surface area contributed by atoms with E-state index < -0.39 is 33.8 Å². The van der Waals surface area contributed by atoms with Gasteiger partial charge in [-0.05, 0) is 19.8 Å². The van der Waals surface area contributed by atoms with Gasteiger partial charge in [-0.25, -0.2) is 13.2 Å². The summed E-state index contributed by atoms with van der Waals surface area (Å²) >= 11 is 0. The number of piperidine rings is 1. The topological polar surface area (TPSA) is 104 Å². The second kappa shape index (κ2) is 6.23. The summed E-state index contributed by atoms with van der Waals surface area (Å²) < 4.78 is 22.2. The molecule has 8 heteroatoms. The van der Waals surface area contributed by atoms with Crippen LogP contribution in [0.5, 0.6) is 0 Å². The van der Waals surface area contributed by atoms with Crippen LogP contribution >= 0.6 is 0 Å². The molecule has 2 atom stereocenters. The van der Waals surface area contributed by atoms with Gasteiger partial charge in [0, 0.05) is 25.4 Å². The Bertz CT molecular complexity index is 448. The molecule has 0 aromatic carbocycles. The van der Waals surface area contributed by atoms with Crippen LogP contribution in [0.2, 0.25) is 0 Å². The van der Waals surface area contributed by atoms with Crippen LogP contribution in [-0.2, 0) is 14.6 Å². The largest absolute Gasteiger partial charge is 0.481 e. The van der Waals surface area contributed by atoms with Gasteiger partial charge in [-0.1, -0.05) is 0 Å². The number of nitrogens with zero attached hydrogens (tertiary/aromatic N) is 1. The minimum absolute atomic E-state index is 0.130. The Morgan fingerprint density at radius 3 is 2.63 bits per heavy atom. The molecule has 1 unspecified atom stereocenters. The Balaban J connectivity index is 2.51. The highest BCUT2D eigenvalue weighted by atomic mass is 32.2. The average Bonchev–Trinajstić information content (AvgIpc) is 2.26. The van der Waals surface area contributed by atoms with Gasteiger partial charge in [-0.3, -0.25) is 4.79 Å². The van der Waals surface area contributed by atoms with Crippen molar-refractivity contribution < 1.29 is 23.1 Å². The van der Waals surface area contributed by atoms with Gasteiger partial charge >= 0.3 is 12.0 Å². The maximum Gasteiger partial charge on any atom is 0.317 e. The minimum Gasteiger partial charge on any atom is -0.481 e. The Hall–Kier alpha value is -1.31.